The van der Waals surface area contributed by atoms with Gasteiger partial charge in [-0.15, -0.1) is 6.58 Å². The Labute approximate surface area is 114 Å². The molecule has 1 aromatic rings. The molecule has 0 unspecified atom stereocenters. The summed E-state index contributed by atoms with van der Waals surface area (Å²) in [7, 11) is 0. The summed E-state index contributed by atoms with van der Waals surface area (Å²) in [5.41, 5.74) is -0.268. The Morgan fingerprint density at radius 3 is 2.89 bits per heavy atom. The third kappa shape index (κ3) is 4.29. The van der Waals surface area contributed by atoms with Crippen LogP contribution in [0, 0.1) is 10.1 Å². The number of anilines is 1. The topological polar surface area (TPSA) is 92.5 Å². The Hall–Kier alpha value is -2.02. The number of thioether (sulfide) groups is 1. The number of nitro groups is 1. The quantitative estimate of drug-likeness (QED) is 0.329. The number of hydrogen-bond donors (Lipinski definition) is 2. The summed E-state index contributed by atoms with van der Waals surface area (Å²) < 4.78 is 0. The molecule has 6 nitrogen and oxygen atoms in total. The lowest BCUT2D eigenvalue weighted by molar-refractivity contribution is -0.384. The van der Waals surface area contributed by atoms with E-state index in [0.717, 1.165) is 5.75 Å². The first-order chi connectivity index (χ1) is 9.07. The van der Waals surface area contributed by atoms with Gasteiger partial charge in [-0.05, 0) is 6.07 Å². The van der Waals surface area contributed by atoms with Gasteiger partial charge >= 0.3 is 5.97 Å². The molecule has 0 atom stereocenters. The van der Waals surface area contributed by atoms with Gasteiger partial charge in [0, 0.05) is 24.1 Å². The molecule has 0 aliphatic rings. The van der Waals surface area contributed by atoms with Crippen LogP contribution in [0.5, 0.6) is 0 Å². The van der Waals surface area contributed by atoms with Crippen molar-refractivity contribution in [3.05, 3.63) is 46.5 Å². The van der Waals surface area contributed by atoms with Crippen molar-refractivity contribution >= 4 is 29.1 Å². The van der Waals surface area contributed by atoms with E-state index in [2.05, 4.69) is 11.9 Å². The summed E-state index contributed by atoms with van der Waals surface area (Å²) in [4.78, 5) is 21.3. The maximum atomic E-state index is 11.1. The number of rotatable bonds is 8. The number of para-hydroxylation sites is 1. The molecule has 0 aliphatic heterocycles. The van der Waals surface area contributed by atoms with Crippen LogP contribution in [0.4, 0.5) is 11.4 Å². The molecule has 0 spiro atoms. The van der Waals surface area contributed by atoms with Crippen molar-refractivity contribution in [3.8, 4) is 0 Å². The van der Waals surface area contributed by atoms with Gasteiger partial charge < -0.3 is 10.4 Å². The number of nitrogens with one attached hydrogen (secondary N) is 1. The number of carboxylic acids is 1. The molecule has 1 rings (SSSR count). The van der Waals surface area contributed by atoms with Gasteiger partial charge in [0.05, 0.1) is 10.5 Å². The lowest BCUT2D eigenvalue weighted by Crippen LogP contribution is -2.11. The van der Waals surface area contributed by atoms with Gasteiger partial charge in [-0.25, -0.2) is 4.79 Å². The highest BCUT2D eigenvalue weighted by atomic mass is 32.2. The number of nitro benzene ring substituents is 1. The van der Waals surface area contributed by atoms with Gasteiger partial charge in [-0.3, -0.25) is 10.1 Å². The Morgan fingerprint density at radius 2 is 2.32 bits per heavy atom. The van der Waals surface area contributed by atoms with Crippen molar-refractivity contribution in [1.29, 1.82) is 0 Å². The van der Waals surface area contributed by atoms with Gasteiger partial charge in [0.15, 0.2) is 0 Å². The number of aromatic carboxylic acids is 1. The summed E-state index contributed by atoms with van der Waals surface area (Å²) in [6, 6.07) is 3.99. The van der Waals surface area contributed by atoms with Crippen molar-refractivity contribution in [2.45, 2.75) is 0 Å². The fourth-order valence-corrected chi connectivity index (χ4v) is 2.05. The second-order valence-electron chi connectivity index (χ2n) is 3.55. The van der Waals surface area contributed by atoms with Crippen LogP contribution in [-0.4, -0.2) is 34.0 Å². The Balaban J connectivity index is 2.85. The van der Waals surface area contributed by atoms with Gasteiger partial charge in [0.2, 0.25) is 0 Å². The maximum absolute atomic E-state index is 11.1. The zero-order valence-corrected chi connectivity index (χ0v) is 11.0. The number of nitrogens with zero attached hydrogens (tertiary/aromatic N) is 1. The van der Waals surface area contributed by atoms with Crippen LogP contribution in [0.2, 0.25) is 0 Å². The smallest absolute Gasteiger partial charge is 0.338 e. The number of hydrogen-bond acceptors (Lipinski definition) is 5. The third-order valence-corrected chi connectivity index (χ3v) is 3.22. The van der Waals surface area contributed by atoms with Gasteiger partial charge in [0.1, 0.15) is 5.69 Å². The van der Waals surface area contributed by atoms with Crippen LogP contribution in [0.15, 0.2) is 30.9 Å². The van der Waals surface area contributed by atoms with Gasteiger partial charge in [-0.1, -0.05) is 12.1 Å². The molecular formula is C12H14N2O4S. The molecule has 7 heteroatoms. The normalized spacial score (nSPS) is 9.89. The van der Waals surface area contributed by atoms with Crippen LogP contribution in [0.3, 0.4) is 0 Å². The molecular weight excluding hydrogens is 268 g/mol. The molecule has 102 valence electrons. The zero-order chi connectivity index (χ0) is 14.3. The van der Waals surface area contributed by atoms with Crippen molar-refractivity contribution in [2.75, 3.05) is 23.4 Å². The average molecular weight is 282 g/mol. The summed E-state index contributed by atoms with van der Waals surface area (Å²) in [5, 5.41) is 22.7. The van der Waals surface area contributed by atoms with E-state index in [1.165, 1.54) is 18.2 Å². The molecule has 0 bridgehead atoms. The molecule has 0 aromatic heterocycles. The lowest BCUT2D eigenvalue weighted by atomic mass is 10.1. The van der Waals surface area contributed by atoms with Crippen molar-refractivity contribution in [1.82, 2.24) is 0 Å². The minimum atomic E-state index is -1.19. The van der Waals surface area contributed by atoms with Crippen molar-refractivity contribution in [3.63, 3.8) is 0 Å². The average Bonchev–Trinajstić information content (AvgIpc) is 2.38. The summed E-state index contributed by atoms with van der Waals surface area (Å²) in [6.07, 6.45) is 1.76. The standard InChI is InChI=1S/C12H14N2O4S/c1-2-7-19-8-6-13-11-9(12(15)16)4-3-5-10(11)14(17)18/h2-5,13H,1,6-8H2,(H,15,16). The van der Waals surface area contributed by atoms with E-state index in [4.69, 9.17) is 5.11 Å². The molecule has 1 aromatic carbocycles. The Kier molecular flexibility index (Phi) is 5.87. The van der Waals surface area contributed by atoms with E-state index in [1.807, 2.05) is 0 Å². The summed E-state index contributed by atoms with van der Waals surface area (Å²) in [6.45, 7) is 4.03. The second-order valence-corrected chi connectivity index (χ2v) is 4.70. The lowest BCUT2D eigenvalue weighted by Gasteiger charge is -2.09. The summed E-state index contributed by atoms with van der Waals surface area (Å²) in [5.74, 6) is 0.298. The Bertz CT molecular complexity index is 458. The largest absolute Gasteiger partial charge is 0.478 e. The van der Waals surface area contributed by atoms with E-state index in [-0.39, 0.29) is 16.9 Å². The number of carbonyl (C=O) groups is 1. The number of carboxylic acid groups (broad SMARTS) is 1. The van der Waals surface area contributed by atoms with E-state index in [0.29, 0.717) is 12.3 Å². The summed E-state index contributed by atoms with van der Waals surface area (Å²) >= 11 is 1.60. The van der Waals surface area contributed by atoms with Crippen LogP contribution in [0.1, 0.15) is 10.4 Å². The minimum Gasteiger partial charge on any atom is -0.478 e. The van der Waals surface area contributed by atoms with Gasteiger partial charge in [-0.2, -0.15) is 11.8 Å². The van der Waals surface area contributed by atoms with Crippen LogP contribution in [0.25, 0.3) is 0 Å². The molecule has 0 heterocycles. The molecule has 0 saturated heterocycles. The first-order valence-corrected chi connectivity index (χ1v) is 6.66. The highest BCUT2D eigenvalue weighted by molar-refractivity contribution is 7.99. The molecule has 2 N–H and O–H groups in total. The van der Waals surface area contributed by atoms with E-state index >= 15 is 0 Å². The highest BCUT2D eigenvalue weighted by Gasteiger charge is 2.20. The monoisotopic (exact) mass is 282 g/mol. The molecule has 19 heavy (non-hydrogen) atoms. The predicted octanol–water partition coefficient (Wildman–Crippen LogP) is 2.62. The first kappa shape index (κ1) is 15.0. The van der Waals surface area contributed by atoms with Crippen LogP contribution >= 0.6 is 11.8 Å². The van der Waals surface area contributed by atoms with Crippen LogP contribution < -0.4 is 5.32 Å². The van der Waals surface area contributed by atoms with Crippen LogP contribution in [-0.2, 0) is 0 Å². The SMILES string of the molecule is C=CCSCCNc1c(C(=O)O)cccc1[N+](=O)[O-]. The first-order valence-electron chi connectivity index (χ1n) is 5.51. The molecule has 0 radical (unpaired) electrons. The van der Waals surface area contributed by atoms with E-state index in [1.54, 1.807) is 17.8 Å². The third-order valence-electron chi connectivity index (χ3n) is 2.25. The van der Waals surface area contributed by atoms with E-state index in [9.17, 15) is 14.9 Å². The maximum Gasteiger partial charge on any atom is 0.338 e. The van der Waals surface area contributed by atoms with Gasteiger partial charge in [0.25, 0.3) is 5.69 Å². The molecule has 0 aliphatic carbocycles. The number of benzene rings is 1. The molecule has 0 saturated carbocycles. The van der Waals surface area contributed by atoms with E-state index < -0.39 is 10.9 Å². The zero-order valence-electron chi connectivity index (χ0n) is 10.2. The predicted molar refractivity (Wildman–Crippen MR) is 76.1 cm³/mol. The van der Waals surface area contributed by atoms with Crippen molar-refractivity contribution < 1.29 is 14.8 Å². The second kappa shape index (κ2) is 7.42. The fraction of sp³-hybridized carbons (Fsp3) is 0.250. The Morgan fingerprint density at radius 1 is 1.58 bits per heavy atom. The molecule has 0 amide bonds. The molecule has 0 fully saturated rings. The highest BCUT2D eigenvalue weighted by Crippen LogP contribution is 2.28. The fourth-order valence-electron chi connectivity index (χ4n) is 1.47. The minimum absolute atomic E-state index is 0.0548. The van der Waals surface area contributed by atoms with Crippen molar-refractivity contribution in [2.24, 2.45) is 0 Å².